The largest absolute Gasteiger partial charge is 0.469 e. The molecule has 31 heavy (non-hydrogen) atoms. The summed E-state index contributed by atoms with van der Waals surface area (Å²) in [6.07, 6.45) is 3.10. The molecular weight excluding hydrogens is 466 g/mol. The number of methoxy groups -OCH3 is 2. The number of esters is 2. The van der Waals surface area contributed by atoms with Gasteiger partial charge in [-0.05, 0) is 31.0 Å². The lowest BCUT2D eigenvalue weighted by molar-refractivity contribution is -0.154. The summed E-state index contributed by atoms with van der Waals surface area (Å²) in [4.78, 5) is 34.4. The minimum atomic E-state index is -0.626. The Morgan fingerprint density at radius 2 is 1.90 bits per heavy atom. The van der Waals surface area contributed by atoms with Crippen molar-refractivity contribution in [3.63, 3.8) is 0 Å². The van der Waals surface area contributed by atoms with E-state index in [-0.39, 0.29) is 12.5 Å². The molecule has 3 rings (SSSR count). The molecule has 1 fully saturated rings. The van der Waals surface area contributed by atoms with Crippen LogP contribution in [0.2, 0.25) is 0 Å². The van der Waals surface area contributed by atoms with Crippen LogP contribution in [-0.4, -0.2) is 66.2 Å². The minimum absolute atomic E-state index is 0.0161. The van der Waals surface area contributed by atoms with E-state index >= 15 is 0 Å². The van der Waals surface area contributed by atoms with Gasteiger partial charge in [0.1, 0.15) is 24.0 Å². The quantitative estimate of drug-likeness (QED) is 0.538. The molecule has 0 amide bonds. The molecular formula is C21H26BrN5O4. The fourth-order valence-corrected chi connectivity index (χ4v) is 3.92. The zero-order valence-corrected chi connectivity index (χ0v) is 19.1. The van der Waals surface area contributed by atoms with Crippen molar-refractivity contribution in [1.29, 1.82) is 0 Å². The van der Waals surface area contributed by atoms with Gasteiger partial charge in [-0.25, -0.2) is 9.97 Å². The lowest BCUT2D eigenvalue weighted by Crippen LogP contribution is -2.49. The van der Waals surface area contributed by atoms with Crippen LogP contribution in [-0.2, 0) is 19.1 Å². The number of carbonyl (C=O) groups excluding carboxylic acids is 2. The van der Waals surface area contributed by atoms with Crippen molar-refractivity contribution in [2.75, 3.05) is 37.9 Å². The molecule has 9 nitrogen and oxygen atoms in total. The first-order chi connectivity index (χ1) is 15.0. The number of likely N-dealkylation sites (tertiary alicyclic amines) is 1. The summed E-state index contributed by atoms with van der Waals surface area (Å²) in [6.45, 7) is 1.31. The third-order valence-electron chi connectivity index (χ3n) is 5.15. The molecule has 0 radical (unpaired) electrons. The molecule has 0 bridgehead atoms. The maximum absolute atomic E-state index is 12.1. The van der Waals surface area contributed by atoms with E-state index in [9.17, 15) is 9.59 Å². The standard InChI is InChI=1S/C21H26BrN5O4/c1-30-20(28)11-17(21(29)31-2)27-8-6-15(7-9-27)25-18-12-19(24-13-23-18)26-16-5-3-4-14(22)10-16/h3-5,10,12-13,15,17H,6-9,11H2,1-2H3,(H2,23,24,25,26). The van der Waals surface area contributed by atoms with Crippen molar-refractivity contribution >= 4 is 45.2 Å². The normalized spacial score (nSPS) is 15.7. The van der Waals surface area contributed by atoms with E-state index in [1.165, 1.54) is 20.5 Å². The molecule has 1 saturated heterocycles. The summed E-state index contributed by atoms with van der Waals surface area (Å²) in [6, 6.07) is 9.27. The first kappa shape index (κ1) is 23.0. The smallest absolute Gasteiger partial charge is 0.323 e. The molecule has 1 atom stereocenters. The second-order valence-electron chi connectivity index (χ2n) is 7.20. The summed E-state index contributed by atoms with van der Waals surface area (Å²) in [5.74, 6) is 0.569. The second kappa shape index (κ2) is 11.1. The molecule has 1 aliphatic heterocycles. The van der Waals surface area contributed by atoms with Gasteiger partial charge in [0.15, 0.2) is 0 Å². The van der Waals surface area contributed by atoms with Crippen LogP contribution < -0.4 is 10.6 Å². The topological polar surface area (TPSA) is 106 Å². The van der Waals surface area contributed by atoms with E-state index in [0.717, 1.165) is 28.8 Å². The maximum Gasteiger partial charge on any atom is 0.323 e. The van der Waals surface area contributed by atoms with Crippen LogP contribution in [0.3, 0.4) is 0 Å². The molecule has 2 heterocycles. The van der Waals surface area contributed by atoms with Gasteiger partial charge in [-0.15, -0.1) is 0 Å². The number of anilines is 3. The Hall–Kier alpha value is -2.72. The van der Waals surface area contributed by atoms with Gasteiger partial charge in [-0.1, -0.05) is 22.0 Å². The van der Waals surface area contributed by atoms with Crippen molar-refractivity contribution < 1.29 is 19.1 Å². The van der Waals surface area contributed by atoms with Gasteiger partial charge in [0.25, 0.3) is 0 Å². The van der Waals surface area contributed by atoms with Gasteiger partial charge in [-0.2, -0.15) is 0 Å². The Kier molecular flexibility index (Phi) is 8.19. The van der Waals surface area contributed by atoms with E-state index in [1.54, 1.807) is 0 Å². The third-order valence-corrected chi connectivity index (χ3v) is 5.64. The number of aromatic nitrogens is 2. The van der Waals surface area contributed by atoms with E-state index in [1.807, 2.05) is 35.2 Å². The van der Waals surface area contributed by atoms with Gasteiger partial charge in [-0.3, -0.25) is 14.5 Å². The van der Waals surface area contributed by atoms with Crippen molar-refractivity contribution in [3.8, 4) is 0 Å². The highest BCUT2D eigenvalue weighted by molar-refractivity contribution is 9.10. The summed E-state index contributed by atoms with van der Waals surface area (Å²) < 4.78 is 10.6. The van der Waals surface area contributed by atoms with Crippen LogP contribution in [0.4, 0.5) is 17.3 Å². The first-order valence-electron chi connectivity index (χ1n) is 9.98. The number of carbonyl (C=O) groups is 2. The molecule has 0 spiro atoms. The predicted molar refractivity (Wildman–Crippen MR) is 120 cm³/mol. The van der Waals surface area contributed by atoms with Crippen molar-refractivity contribution in [1.82, 2.24) is 14.9 Å². The summed E-state index contributed by atoms with van der Waals surface area (Å²) in [5.41, 5.74) is 0.923. The zero-order chi connectivity index (χ0) is 22.2. The Balaban J connectivity index is 1.56. The highest BCUT2D eigenvalue weighted by atomic mass is 79.9. The highest BCUT2D eigenvalue weighted by Crippen LogP contribution is 2.22. The molecule has 1 aromatic carbocycles. The van der Waals surface area contributed by atoms with Gasteiger partial charge in [0.05, 0.1) is 20.6 Å². The number of nitrogens with one attached hydrogen (secondary N) is 2. The molecule has 2 N–H and O–H groups in total. The number of piperidine rings is 1. The van der Waals surface area contributed by atoms with Crippen LogP contribution in [0, 0.1) is 0 Å². The molecule has 10 heteroatoms. The van der Waals surface area contributed by atoms with Gasteiger partial charge >= 0.3 is 11.9 Å². The summed E-state index contributed by atoms with van der Waals surface area (Å²) in [7, 11) is 2.64. The van der Waals surface area contributed by atoms with Gasteiger partial charge in [0, 0.05) is 35.4 Å². The Morgan fingerprint density at radius 3 is 2.58 bits per heavy atom. The van der Waals surface area contributed by atoms with Crippen molar-refractivity contribution in [2.24, 2.45) is 0 Å². The lowest BCUT2D eigenvalue weighted by Gasteiger charge is -2.36. The monoisotopic (exact) mass is 491 g/mol. The van der Waals surface area contributed by atoms with Gasteiger partial charge in [0.2, 0.25) is 0 Å². The highest BCUT2D eigenvalue weighted by Gasteiger charge is 2.32. The summed E-state index contributed by atoms with van der Waals surface area (Å²) >= 11 is 3.46. The average Bonchev–Trinajstić information content (AvgIpc) is 2.77. The number of rotatable bonds is 8. The molecule has 1 aromatic heterocycles. The van der Waals surface area contributed by atoms with Gasteiger partial charge < -0.3 is 20.1 Å². The van der Waals surface area contributed by atoms with Crippen molar-refractivity contribution in [2.45, 2.75) is 31.3 Å². The maximum atomic E-state index is 12.1. The SMILES string of the molecule is COC(=O)CC(C(=O)OC)N1CCC(Nc2cc(Nc3cccc(Br)c3)ncn2)CC1. The molecule has 0 saturated carbocycles. The first-order valence-corrected chi connectivity index (χ1v) is 10.8. The van der Waals surface area contributed by atoms with E-state index < -0.39 is 18.0 Å². The van der Waals surface area contributed by atoms with Crippen LogP contribution >= 0.6 is 15.9 Å². The number of nitrogens with zero attached hydrogens (tertiary/aromatic N) is 3. The molecule has 2 aromatic rings. The number of hydrogen-bond acceptors (Lipinski definition) is 9. The Bertz CT molecular complexity index is 905. The van der Waals surface area contributed by atoms with E-state index in [4.69, 9.17) is 9.47 Å². The zero-order valence-electron chi connectivity index (χ0n) is 17.5. The number of halogens is 1. The molecule has 0 aliphatic carbocycles. The van der Waals surface area contributed by atoms with Crippen molar-refractivity contribution in [3.05, 3.63) is 41.1 Å². The van der Waals surface area contributed by atoms with Crippen LogP contribution in [0.1, 0.15) is 19.3 Å². The average molecular weight is 492 g/mol. The number of hydrogen-bond donors (Lipinski definition) is 2. The third kappa shape index (κ3) is 6.63. The number of ether oxygens (including phenoxy) is 2. The Labute approximate surface area is 189 Å². The second-order valence-corrected chi connectivity index (χ2v) is 8.11. The predicted octanol–water partition coefficient (Wildman–Crippen LogP) is 2.96. The Morgan fingerprint density at radius 1 is 1.16 bits per heavy atom. The summed E-state index contributed by atoms with van der Waals surface area (Å²) in [5, 5.41) is 6.70. The lowest BCUT2D eigenvalue weighted by atomic mass is 10.0. The fourth-order valence-electron chi connectivity index (χ4n) is 3.52. The molecule has 166 valence electrons. The molecule has 1 aliphatic rings. The number of benzene rings is 1. The van der Waals surface area contributed by atoms with E-state index in [2.05, 4.69) is 36.5 Å². The van der Waals surface area contributed by atoms with Crippen LogP contribution in [0.15, 0.2) is 41.1 Å². The van der Waals surface area contributed by atoms with E-state index in [0.29, 0.717) is 18.9 Å². The van der Waals surface area contributed by atoms with Crippen LogP contribution in [0.5, 0.6) is 0 Å². The minimum Gasteiger partial charge on any atom is -0.469 e. The fraction of sp³-hybridized carbons (Fsp3) is 0.429. The van der Waals surface area contributed by atoms with Crippen LogP contribution in [0.25, 0.3) is 0 Å². The molecule has 1 unspecified atom stereocenters.